The summed E-state index contributed by atoms with van der Waals surface area (Å²) in [5.41, 5.74) is 0. The quantitative estimate of drug-likeness (QED) is 0.571. The first-order valence-electron chi connectivity index (χ1n) is 8.16. The van der Waals surface area contributed by atoms with Crippen LogP contribution in [0.3, 0.4) is 0 Å². The third kappa shape index (κ3) is 4.63. The average Bonchev–Trinajstić information content (AvgIpc) is 2.61. The summed E-state index contributed by atoms with van der Waals surface area (Å²) in [4.78, 5) is 2.70. The molecule has 28 heavy (non-hydrogen) atoms. The van der Waals surface area contributed by atoms with Crippen molar-refractivity contribution < 1.29 is 21.2 Å². The zero-order valence-corrected chi connectivity index (χ0v) is 17.6. The summed E-state index contributed by atoms with van der Waals surface area (Å²) >= 11 is 0. The van der Waals surface area contributed by atoms with Crippen LogP contribution in [0.1, 0.15) is 0 Å². The van der Waals surface area contributed by atoms with E-state index in [-0.39, 0.29) is 15.6 Å². The van der Waals surface area contributed by atoms with E-state index >= 15 is 0 Å². The molecule has 0 unspecified atom stereocenters. The number of rotatable bonds is 5. The molecular weight excluding hydrogens is 419 g/mol. The molecule has 4 nitrogen and oxygen atoms in total. The topological polar surface area (TPSA) is 68.3 Å². The Morgan fingerprint density at radius 3 is 1.43 bits per heavy atom. The van der Waals surface area contributed by atoms with E-state index in [0.29, 0.717) is 4.90 Å². The molecule has 0 aliphatic rings. The Morgan fingerprint density at radius 1 is 0.643 bits per heavy atom. The minimum atomic E-state index is -3.33. The maximum absolute atomic E-state index is 13.8. The molecule has 0 fully saturated rings. The molecule has 0 aliphatic heterocycles. The molecule has 0 spiro atoms. The Morgan fingerprint density at radius 2 is 1.07 bits per heavy atom. The number of hydrogen-bond acceptors (Lipinski definition) is 4. The molecule has 0 radical (unpaired) electrons. The number of sulfone groups is 2. The van der Waals surface area contributed by atoms with Crippen molar-refractivity contribution in [2.45, 2.75) is 24.5 Å². The van der Waals surface area contributed by atoms with Gasteiger partial charge in [-0.25, -0.2) is 21.2 Å². The fraction of sp³-hybridized carbons (Fsp3) is 0.100. The second-order valence-electron chi connectivity index (χ2n) is 6.25. The summed E-state index contributed by atoms with van der Waals surface area (Å²) < 4.78 is 60.7. The Kier molecular flexibility index (Phi) is 5.65. The summed E-state index contributed by atoms with van der Waals surface area (Å²) in [6, 6.07) is 19.1. The smallest absolute Gasteiger partial charge is 0.175 e. The van der Waals surface area contributed by atoms with Crippen molar-refractivity contribution in [1.29, 1.82) is 0 Å². The lowest BCUT2D eigenvalue weighted by Crippen LogP contribution is -2.07. The summed E-state index contributed by atoms with van der Waals surface area (Å²) in [5.74, 6) is -0.379. The fourth-order valence-corrected chi connectivity index (χ4v) is 5.99. The first-order valence-corrected chi connectivity index (χ1v) is 13.2. The summed E-state index contributed by atoms with van der Waals surface area (Å²) in [6.45, 7) is 0. The third-order valence-electron chi connectivity index (χ3n) is 4.01. The van der Waals surface area contributed by atoms with Gasteiger partial charge in [0, 0.05) is 18.6 Å². The second-order valence-corrected chi connectivity index (χ2v) is 12.3. The van der Waals surface area contributed by atoms with Crippen LogP contribution < -0.4 is 0 Å². The van der Waals surface area contributed by atoms with Crippen molar-refractivity contribution in [3.05, 3.63) is 78.6 Å². The molecule has 0 aromatic heterocycles. The average molecular weight is 438 g/mol. The van der Waals surface area contributed by atoms with Crippen molar-refractivity contribution >= 4 is 30.6 Å². The SMILES string of the molecule is CS(=O)(=O)c1ccc([S+](c2ccc(S(C)(=O)=O)cc2)c2cccc(F)c2)cc1. The van der Waals surface area contributed by atoms with E-state index in [1.54, 1.807) is 36.4 Å². The van der Waals surface area contributed by atoms with Crippen LogP contribution in [0, 0.1) is 5.82 Å². The van der Waals surface area contributed by atoms with Crippen LogP contribution in [0.2, 0.25) is 0 Å². The highest BCUT2D eigenvalue weighted by Crippen LogP contribution is 2.32. The minimum absolute atomic E-state index is 0.200. The standard InChI is InChI=1S/C20H18FO4S3/c1-27(22,23)19-10-6-16(7-11-19)26(18-5-3-4-15(21)14-18)17-8-12-20(13-9-17)28(2,24)25/h3-14H,1-2H3/q+1. The van der Waals surface area contributed by atoms with Crippen molar-refractivity contribution in [3.8, 4) is 0 Å². The first kappa shape index (κ1) is 20.6. The van der Waals surface area contributed by atoms with Gasteiger partial charge in [-0.2, -0.15) is 0 Å². The highest BCUT2D eigenvalue weighted by molar-refractivity contribution is 7.97. The van der Waals surface area contributed by atoms with Gasteiger partial charge in [0.25, 0.3) is 0 Å². The molecular formula is C20H18FO4S3+. The van der Waals surface area contributed by atoms with Crippen LogP contribution in [0.25, 0.3) is 0 Å². The van der Waals surface area contributed by atoms with Crippen LogP contribution in [-0.2, 0) is 30.6 Å². The van der Waals surface area contributed by atoms with Gasteiger partial charge >= 0.3 is 0 Å². The predicted octanol–water partition coefficient (Wildman–Crippen LogP) is 3.73. The number of benzene rings is 3. The monoisotopic (exact) mass is 437 g/mol. The van der Waals surface area contributed by atoms with E-state index in [2.05, 4.69) is 0 Å². The molecule has 0 saturated carbocycles. The molecule has 0 saturated heterocycles. The molecule has 3 aromatic rings. The van der Waals surface area contributed by atoms with Crippen LogP contribution >= 0.6 is 0 Å². The number of halogens is 1. The lowest BCUT2D eigenvalue weighted by molar-refractivity contribution is 0.600. The van der Waals surface area contributed by atoms with Gasteiger partial charge in [-0.1, -0.05) is 6.07 Å². The van der Waals surface area contributed by atoms with Crippen molar-refractivity contribution in [1.82, 2.24) is 0 Å². The highest BCUT2D eigenvalue weighted by atomic mass is 32.2. The Balaban J connectivity index is 2.13. The van der Waals surface area contributed by atoms with E-state index in [1.807, 2.05) is 0 Å². The molecule has 0 bridgehead atoms. The van der Waals surface area contributed by atoms with Gasteiger partial charge in [0.05, 0.1) is 20.7 Å². The zero-order valence-electron chi connectivity index (χ0n) is 15.2. The first-order chi connectivity index (χ1) is 13.1. The third-order valence-corrected chi connectivity index (χ3v) is 8.48. The van der Waals surface area contributed by atoms with Gasteiger partial charge in [-0.05, 0) is 60.7 Å². The molecule has 0 aliphatic carbocycles. The van der Waals surface area contributed by atoms with E-state index in [9.17, 15) is 21.2 Å². The van der Waals surface area contributed by atoms with E-state index in [4.69, 9.17) is 0 Å². The minimum Gasteiger partial charge on any atom is -0.224 e. The van der Waals surface area contributed by atoms with Crippen molar-refractivity contribution in [3.63, 3.8) is 0 Å². The van der Waals surface area contributed by atoms with Crippen molar-refractivity contribution in [2.24, 2.45) is 0 Å². The summed E-state index contributed by atoms with van der Waals surface area (Å²) in [6.07, 6.45) is 2.27. The molecule has 0 heterocycles. The highest BCUT2D eigenvalue weighted by Gasteiger charge is 2.29. The van der Waals surface area contributed by atoms with Gasteiger partial charge in [0.15, 0.2) is 34.4 Å². The zero-order chi connectivity index (χ0) is 20.5. The molecule has 0 amide bonds. The maximum atomic E-state index is 13.8. The number of hydrogen-bond donors (Lipinski definition) is 0. The lowest BCUT2D eigenvalue weighted by Gasteiger charge is -2.09. The lowest BCUT2D eigenvalue weighted by atomic mass is 10.3. The van der Waals surface area contributed by atoms with Gasteiger partial charge < -0.3 is 0 Å². The predicted molar refractivity (Wildman–Crippen MR) is 108 cm³/mol. The maximum Gasteiger partial charge on any atom is 0.175 e. The molecule has 0 atom stereocenters. The van der Waals surface area contributed by atoms with Crippen LogP contribution in [0.5, 0.6) is 0 Å². The van der Waals surface area contributed by atoms with Crippen molar-refractivity contribution in [2.75, 3.05) is 12.5 Å². The van der Waals surface area contributed by atoms with Gasteiger partial charge in [0.2, 0.25) is 0 Å². The van der Waals surface area contributed by atoms with Gasteiger partial charge in [-0.3, -0.25) is 0 Å². The Bertz CT molecular complexity index is 1130. The fourth-order valence-electron chi connectivity index (χ4n) is 2.65. The second kappa shape index (κ2) is 7.69. The summed E-state index contributed by atoms with van der Waals surface area (Å²) in [7, 11) is -7.38. The normalized spacial score (nSPS) is 12.3. The van der Waals surface area contributed by atoms with Crippen LogP contribution in [0.15, 0.2) is 97.3 Å². The van der Waals surface area contributed by atoms with E-state index < -0.39 is 30.6 Å². The molecule has 8 heteroatoms. The van der Waals surface area contributed by atoms with Gasteiger partial charge in [0.1, 0.15) is 5.82 Å². The largest absolute Gasteiger partial charge is 0.224 e. The molecule has 3 rings (SSSR count). The molecule has 0 N–H and O–H groups in total. The molecule has 3 aromatic carbocycles. The van der Waals surface area contributed by atoms with E-state index in [1.165, 1.54) is 36.4 Å². The van der Waals surface area contributed by atoms with Crippen LogP contribution in [0.4, 0.5) is 4.39 Å². The van der Waals surface area contributed by atoms with Crippen LogP contribution in [-0.4, -0.2) is 29.3 Å². The molecule has 146 valence electrons. The van der Waals surface area contributed by atoms with Gasteiger partial charge in [-0.15, -0.1) is 0 Å². The van der Waals surface area contributed by atoms with E-state index in [0.717, 1.165) is 22.3 Å². The summed E-state index contributed by atoms with van der Waals surface area (Å²) in [5, 5.41) is 0. The Hall–Kier alpha value is -2.16. The Labute approximate surface area is 167 Å².